The molecule has 2 aromatic heterocycles. The van der Waals surface area contributed by atoms with Crippen LogP contribution in [0.3, 0.4) is 0 Å². The first-order valence-electron chi connectivity index (χ1n) is 7.37. The smallest absolute Gasteiger partial charge is 0.276 e. The molecule has 3 rings (SSSR count). The van der Waals surface area contributed by atoms with Crippen molar-refractivity contribution in [1.82, 2.24) is 14.5 Å². The maximum Gasteiger partial charge on any atom is 0.276 e. The Morgan fingerprint density at radius 1 is 1.41 bits per heavy atom. The van der Waals surface area contributed by atoms with Gasteiger partial charge in [0.05, 0.1) is 0 Å². The van der Waals surface area contributed by atoms with Gasteiger partial charge in [0.25, 0.3) is 10.0 Å². The number of nitrogens with one attached hydrogen (secondary N) is 1. The molecule has 7 nitrogen and oxygen atoms in total. The van der Waals surface area contributed by atoms with Crippen molar-refractivity contribution >= 4 is 10.0 Å². The molecular formula is C14H20N4O3S. The van der Waals surface area contributed by atoms with Crippen molar-refractivity contribution in [2.24, 2.45) is 11.7 Å². The van der Waals surface area contributed by atoms with Gasteiger partial charge in [-0.3, -0.25) is 5.10 Å². The molecule has 0 saturated carbocycles. The van der Waals surface area contributed by atoms with Crippen molar-refractivity contribution in [2.45, 2.75) is 30.9 Å². The highest BCUT2D eigenvalue weighted by Gasteiger charge is 2.38. The molecule has 0 spiro atoms. The summed E-state index contributed by atoms with van der Waals surface area (Å²) in [6, 6.07) is 4.71. The lowest BCUT2D eigenvalue weighted by atomic mass is 9.99. The third kappa shape index (κ3) is 2.69. The average molecular weight is 324 g/mol. The van der Waals surface area contributed by atoms with E-state index in [4.69, 9.17) is 10.2 Å². The van der Waals surface area contributed by atoms with Crippen molar-refractivity contribution in [3.8, 4) is 11.5 Å². The Bertz CT molecular complexity index is 723. The van der Waals surface area contributed by atoms with Crippen LogP contribution in [0.25, 0.3) is 11.5 Å². The van der Waals surface area contributed by atoms with Gasteiger partial charge in [-0.25, -0.2) is 8.42 Å². The second-order valence-corrected chi connectivity index (χ2v) is 7.49. The summed E-state index contributed by atoms with van der Waals surface area (Å²) >= 11 is 0. The van der Waals surface area contributed by atoms with Crippen molar-refractivity contribution in [3.05, 3.63) is 24.4 Å². The molecule has 8 heteroatoms. The van der Waals surface area contributed by atoms with E-state index in [1.54, 1.807) is 18.3 Å². The van der Waals surface area contributed by atoms with Crippen LogP contribution in [0.4, 0.5) is 0 Å². The number of sulfonamides is 1. The van der Waals surface area contributed by atoms with E-state index in [1.165, 1.54) is 10.4 Å². The monoisotopic (exact) mass is 324 g/mol. The highest BCUT2D eigenvalue weighted by atomic mass is 32.2. The number of nitrogens with two attached hydrogens (primary N) is 1. The molecule has 2 atom stereocenters. The summed E-state index contributed by atoms with van der Waals surface area (Å²) in [4.78, 5) is 0. The first kappa shape index (κ1) is 15.3. The molecule has 0 aliphatic carbocycles. The van der Waals surface area contributed by atoms with Gasteiger partial charge in [-0.15, -0.1) is 0 Å². The lowest BCUT2D eigenvalue weighted by Crippen LogP contribution is -2.32. The van der Waals surface area contributed by atoms with Crippen molar-refractivity contribution in [1.29, 1.82) is 0 Å². The van der Waals surface area contributed by atoms with E-state index >= 15 is 0 Å². The molecule has 3 N–H and O–H groups in total. The predicted octanol–water partition coefficient (Wildman–Crippen LogP) is 1.42. The van der Waals surface area contributed by atoms with E-state index in [0.29, 0.717) is 24.5 Å². The number of rotatable bonds is 5. The fourth-order valence-corrected chi connectivity index (χ4v) is 4.30. The second-order valence-electron chi connectivity index (χ2n) is 5.62. The lowest BCUT2D eigenvalue weighted by molar-refractivity contribution is 0.405. The molecule has 0 amide bonds. The molecule has 3 heterocycles. The molecule has 22 heavy (non-hydrogen) atoms. The Morgan fingerprint density at radius 3 is 2.91 bits per heavy atom. The molecule has 120 valence electrons. The molecule has 0 aromatic carbocycles. The minimum atomic E-state index is -3.64. The Kier molecular flexibility index (Phi) is 4.07. The fraction of sp³-hybridized carbons (Fsp3) is 0.500. The second kappa shape index (κ2) is 5.86. The van der Waals surface area contributed by atoms with E-state index in [9.17, 15) is 8.42 Å². The summed E-state index contributed by atoms with van der Waals surface area (Å²) in [5.74, 6) is 0.659. The maximum atomic E-state index is 12.7. The van der Waals surface area contributed by atoms with Gasteiger partial charge in [0, 0.05) is 25.3 Å². The summed E-state index contributed by atoms with van der Waals surface area (Å²) < 4.78 is 32.2. The number of hydrogen-bond acceptors (Lipinski definition) is 5. The van der Waals surface area contributed by atoms with Crippen LogP contribution >= 0.6 is 0 Å². The standard InChI is InChI=1S/C14H20N4O3S/c1-2-3-10-8-18(9-11(10)15)22(19,20)14-5-4-13(21-14)12-6-7-16-17-12/h4-7,10-11H,2-3,8-9,15H2,1H3,(H,16,17)/t10-,11-/m0/s1. The quantitative estimate of drug-likeness (QED) is 0.865. The van der Waals surface area contributed by atoms with Gasteiger partial charge in [0.1, 0.15) is 5.69 Å². The average Bonchev–Trinajstić information content (AvgIpc) is 3.18. The number of H-pyrrole nitrogens is 1. The van der Waals surface area contributed by atoms with Crippen LogP contribution in [0.2, 0.25) is 0 Å². The van der Waals surface area contributed by atoms with Crippen LogP contribution in [-0.4, -0.2) is 42.1 Å². The molecule has 0 bridgehead atoms. The number of nitrogens with zero attached hydrogens (tertiary/aromatic N) is 2. The number of furan rings is 1. The topological polar surface area (TPSA) is 105 Å². The van der Waals surface area contributed by atoms with E-state index in [0.717, 1.165) is 12.8 Å². The maximum absolute atomic E-state index is 12.7. The van der Waals surface area contributed by atoms with Gasteiger partial charge in [0.2, 0.25) is 5.09 Å². The molecule has 1 aliphatic rings. The van der Waals surface area contributed by atoms with Crippen LogP contribution in [0.1, 0.15) is 19.8 Å². The third-order valence-corrected chi connectivity index (χ3v) is 5.77. The van der Waals surface area contributed by atoms with Crippen molar-refractivity contribution in [3.63, 3.8) is 0 Å². The predicted molar refractivity (Wildman–Crippen MR) is 81.4 cm³/mol. The molecule has 1 aliphatic heterocycles. The van der Waals surface area contributed by atoms with Crippen LogP contribution in [-0.2, 0) is 10.0 Å². The Labute approximate surface area is 129 Å². The van der Waals surface area contributed by atoms with E-state index in [-0.39, 0.29) is 17.1 Å². The van der Waals surface area contributed by atoms with Crippen LogP contribution < -0.4 is 5.73 Å². The zero-order valence-corrected chi connectivity index (χ0v) is 13.2. The molecule has 1 saturated heterocycles. The van der Waals surface area contributed by atoms with Crippen molar-refractivity contribution in [2.75, 3.05) is 13.1 Å². The SMILES string of the molecule is CCC[C@H]1CN(S(=O)(=O)c2ccc(-c3ccn[nH]3)o2)C[C@@H]1N. The Morgan fingerprint density at radius 2 is 2.23 bits per heavy atom. The molecular weight excluding hydrogens is 304 g/mol. The summed E-state index contributed by atoms with van der Waals surface area (Å²) in [5.41, 5.74) is 6.70. The van der Waals surface area contributed by atoms with Crippen molar-refractivity contribution < 1.29 is 12.8 Å². The van der Waals surface area contributed by atoms with E-state index in [2.05, 4.69) is 17.1 Å². The lowest BCUT2D eigenvalue weighted by Gasteiger charge is -2.14. The summed E-state index contributed by atoms with van der Waals surface area (Å²) in [6.45, 7) is 2.87. The molecule has 0 unspecified atom stereocenters. The highest BCUT2D eigenvalue weighted by Crippen LogP contribution is 2.29. The van der Waals surface area contributed by atoms with Gasteiger partial charge >= 0.3 is 0 Å². The van der Waals surface area contributed by atoms with Crippen LogP contribution in [0, 0.1) is 5.92 Å². The molecule has 1 fully saturated rings. The molecule has 0 radical (unpaired) electrons. The van der Waals surface area contributed by atoms with Crippen LogP contribution in [0.5, 0.6) is 0 Å². The minimum Gasteiger partial charge on any atom is -0.442 e. The van der Waals surface area contributed by atoms with E-state index in [1.807, 2.05) is 0 Å². The number of hydrogen-bond donors (Lipinski definition) is 2. The summed E-state index contributed by atoms with van der Waals surface area (Å²) in [7, 11) is -3.64. The normalized spacial score (nSPS) is 23.2. The van der Waals surface area contributed by atoms with Gasteiger partial charge in [0.15, 0.2) is 5.76 Å². The first-order valence-corrected chi connectivity index (χ1v) is 8.81. The number of aromatic nitrogens is 2. The van der Waals surface area contributed by atoms with E-state index < -0.39 is 10.0 Å². The number of aromatic amines is 1. The summed E-state index contributed by atoms with van der Waals surface area (Å²) in [6.07, 6.45) is 3.52. The third-order valence-electron chi connectivity index (χ3n) is 4.06. The first-order chi connectivity index (χ1) is 10.5. The largest absolute Gasteiger partial charge is 0.442 e. The highest BCUT2D eigenvalue weighted by molar-refractivity contribution is 7.89. The van der Waals surface area contributed by atoms with Gasteiger partial charge in [-0.1, -0.05) is 13.3 Å². The zero-order chi connectivity index (χ0) is 15.7. The summed E-state index contributed by atoms with van der Waals surface area (Å²) in [5, 5.41) is 6.52. The van der Waals surface area contributed by atoms with Crippen LogP contribution in [0.15, 0.2) is 33.9 Å². The zero-order valence-electron chi connectivity index (χ0n) is 12.4. The van der Waals surface area contributed by atoms with Gasteiger partial charge in [-0.05, 0) is 30.5 Å². The molecule has 2 aromatic rings. The minimum absolute atomic E-state index is 0.0542. The Hall–Kier alpha value is -1.64. The Balaban J connectivity index is 1.82. The van der Waals surface area contributed by atoms with Gasteiger partial charge in [-0.2, -0.15) is 9.40 Å². The fourth-order valence-electron chi connectivity index (χ4n) is 2.85. The van der Waals surface area contributed by atoms with Gasteiger partial charge < -0.3 is 10.2 Å².